The molecule has 2 aromatic heterocycles. The van der Waals surface area contributed by atoms with Crippen LogP contribution in [-0.2, 0) is 16.0 Å². The number of amides is 1. The standard InChI is InChI=1S/C16H20N2O2S2/c1-11-9-22-16(17-11)14(8-12-4-7-21-10-12)18-15(19)13-2-5-20-6-3-13/h4,7,9-10,13-14H,2-3,5-6,8H2,1H3,(H,18,19)/t14-/m0/s1. The lowest BCUT2D eigenvalue weighted by atomic mass is 9.98. The summed E-state index contributed by atoms with van der Waals surface area (Å²) < 4.78 is 5.34. The quantitative estimate of drug-likeness (QED) is 0.911. The minimum atomic E-state index is -0.0383. The second-order valence-electron chi connectivity index (χ2n) is 5.61. The van der Waals surface area contributed by atoms with Crippen molar-refractivity contribution in [3.05, 3.63) is 38.5 Å². The summed E-state index contributed by atoms with van der Waals surface area (Å²) in [6.45, 7) is 3.36. The van der Waals surface area contributed by atoms with E-state index in [-0.39, 0.29) is 17.9 Å². The summed E-state index contributed by atoms with van der Waals surface area (Å²) in [5.41, 5.74) is 2.26. The fourth-order valence-electron chi connectivity index (χ4n) is 2.63. The van der Waals surface area contributed by atoms with Crippen molar-refractivity contribution in [3.8, 4) is 0 Å². The van der Waals surface area contributed by atoms with Gasteiger partial charge in [0.2, 0.25) is 5.91 Å². The van der Waals surface area contributed by atoms with Crippen LogP contribution >= 0.6 is 22.7 Å². The maximum Gasteiger partial charge on any atom is 0.223 e. The first-order valence-corrected chi connectivity index (χ1v) is 9.36. The average molecular weight is 336 g/mol. The molecule has 3 heterocycles. The molecule has 0 aromatic carbocycles. The van der Waals surface area contributed by atoms with Gasteiger partial charge in [-0.05, 0) is 42.2 Å². The molecule has 1 N–H and O–H groups in total. The zero-order valence-corrected chi connectivity index (χ0v) is 14.2. The van der Waals surface area contributed by atoms with E-state index in [1.54, 1.807) is 22.7 Å². The van der Waals surface area contributed by atoms with Gasteiger partial charge >= 0.3 is 0 Å². The van der Waals surface area contributed by atoms with Crippen LogP contribution in [-0.4, -0.2) is 24.1 Å². The van der Waals surface area contributed by atoms with E-state index in [9.17, 15) is 4.79 Å². The topological polar surface area (TPSA) is 51.2 Å². The molecule has 1 saturated heterocycles. The third-order valence-electron chi connectivity index (χ3n) is 3.86. The summed E-state index contributed by atoms with van der Waals surface area (Å²) >= 11 is 3.30. The minimum Gasteiger partial charge on any atom is -0.381 e. The summed E-state index contributed by atoms with van der Waals surface area (Å²) in [5, 5.41) is 10.4. The molecule has 0 spiro atoms. The van der Waals surface area contributed by atoms with Gasteiger partial charge in [0.05, 0.1) is 6.04 Å². The number of rotatable bonds is 5. The Labute approximate surface area is 138 Å². The first kappa shape index (κ1) is 15.6. The van der Waals surface area contributed by atoms with E-state index in [0.717, 1.165) is 30.0 Å². The average Bonchev–Trinajstić information content (AvgIpc) is 3.19. The van der Waals surface area contributed by atoms with Crippen molar-refractivity contribution in [2.75, 3.05) is 13.2 Å². The largest absolute Gasteiger partial charge is 0.381 e. The lowest BCUT2D eigenvalue weighted by Gasteiger charge is -2.24. The number of nitrogens with zero attached hydrogens (tertiary/aromatic N) is 1. The second kappa shape index (κ2) is 7.35. The third-order valence-corrected chi connectivity index (χ3v) is 5.67. The van der Waals surface area contributed by atoms with E-state index in [2.05, 4.69) is 27.1 Å². The first-order chi connectivity index (χ1) is 10.7. The number of aromatic nitrogens is 1. The lowest BCUT2D eigenvalue weighted by Crippen LogP contribution is -2.37. The van der Waals surface area contributed by atoms with E-state index in [1.165, 1.54) is 5.56 Å². The van der Waals surface area contributed by atoms with Gasteiger partial charge in [0.1, 0.15) is 5.01 Å². The Morgan fingerprint density at radius 2 is 2.27 bits per heavy atom. The van der Waals surface area contributed by atoms with Crippen molar-refractivity contribution in [1.82, 2.24) is 10.3 Å². The Morgan fingerprint density at radius 3 is 2.91 bits per heavy atom. The second-order valence-corrected chi connectivity index (χ2v) is 7.28. The zero-order valence-electron chi connectivity index (χ0n) is 12.6. The first-order valence-electron chi connectivity index (χ1n) is 7.53. The summed E-state index contributed by atoms with van der Waals surface area (Å²) in [4.78, 5) is 17.1. The number of aryl methyl sites for hydroxylation is 1. The molecule has 4 nitrogen and oxygen atoms in total. The van der Waals surface area contributed by atoms with Crippen molar-refractivity contribution < 1.29 is 9.53 Å². The Hall–Kier alpha value is -1.24. The molecular weight excluding hydrogens is 316 g/mol. The predicted octanol–water partition coefficient (Wildman–Crippen LogP) is 3.34. The minimum absolute atomic E-state index is 0.0383. The van der Waals surface area contributed by atoms with E-state index >= 15 is 0 Å². The maximum atomic E-state index is 12.5. The molecule has 0 saturated carbocycles. The molecule has 2 aromatic rings. The molecule has 0 unspecified atom stereocenters. The summed E-state index contributed by atoms with van der Waals surface area (Å²) in [7, 11) is 0. The van der Waals surface area contributed by atoms with Gasteiger partial charge in [0.15, 0.2) is 0 Å². The Balaban J connectivity index is 1.71. The molecule has 1 atom stereocenters. The monoisotopic (exact) mass is 336 g/mol. The Kier molecular flexibility index (Phi) is 5.23. The smallest absolute Gasteiger partial charge is 0.223 e. The number of hydrogen-bond acceptors (Lipinski definition) is 5. The molecule has 0 radical (unpaired) electrons. The van der Waals surface area contributed by atoms with Crippen molar-refractivity contribution >= 4 is 28.6 Å². The van der Waals surface area contributed by atoms with E-state index < -0.39 is 0 Å². The molecule has 1 fully saturated rings. The van der Waals surface area contributed by atoms with Gasteiger partial charge in [-0.3, -0.25) is 4.79 Å². The number of nitrogens with one attached hydrogen (secondary N) is 1. The lowest BCUT2D eigenvalue weighted by molar-refractivity contribution is -0.128. The number of ether oxygens (including phenoxy) is 1. The van der Waals surface area contributed by atoms with Gasteiger partial charge in [-0.1, -0.05) is 0 Å². The van der Waals surface area contributed by atoms with Crippen molar-refractivity contribution in [3.63, 3.8) is 0 Å². The summed E-state index contributed by atoms with van der Waals surface area (Å²) in [5.74, 6) is 0.205. The van der Waals surface area contributed by atoms with E-state index in [1.807, 2.05) is 12.3 Å². The van der Waals surface area contributed by atoms with Crippen LogP contribution < -0.4 is 5.32 Å². The molecule has 6 heteroatoms. The van der Waals surface area contributed by atoms with Gasteiger partial charge in [-0.25, -0.2) is 4.98 Å². The number of thiazole rings is 1. The number of carbonyl (C=O) groups is 1. The molecule has 22 heavy (non-hydrogen) atoms. The zero-order chi connectivity index (χ0) is 15.4. The van der Waals surface area contributed by atoms with Crippen LogP contribution in [0, 0.1) is 12.8 Å². The van der Waals surface area contributed by atoms with Gasteiger partial charge in [0.25, 0.3) is 0 Å². The Bertz CT molecular complexity index is 603. The normalized spacial score (nSPS) is 17.3. The van der Waals surface area contributed by atoms with Crippen LogP contribution in [0.15, 0.2) is 22.2 Å². The van der Waals surface area contributed by atoms with Crippen LogP contribution in [0.1, 0.15) is 35.1 Å². The SMILES string of the molecule is Cc1csc([C@H](Cc2ccsc2)NC(=O)C2CCOCC2)n1. The number of thiophene rings is 1. The van der Waals surface area contributed by atoms with Crippen molar-refractivity contribution in [2.24, 2.45) is 5.92 Å². The fourth-order valence-corrected chi connectivity index (χ4v) is 4.15. The fraction of sp³-hybridized carbons (Fsp3) is 0.500. The van der Waals surface area contributed by atoms with E-state index in [0.29, 0.717) is 13.2 Å². The van der Waals surface area contributed by atoms with Crippen LogP contribution in [0.3, 0.4) is 0 Å². The molecule has 0 bridgehead atoms. The highest BCUT2D eigenvalue weighted by Gasteiger charge is 2.25. The van der Waals surface area contributed by atoms with Crippen LogP contribution in [0.25, 0.3) is 0 Å². The molecule has 118 valence electrons. The van der Waals surface area contributed by atoms with Crippen LogP contribution in [0.4, 0.5) is 0 Å². The van der Waals surface area contributed by atoms with Gasteiger partial charge < -0.3 is 10.1 Å². The number of carbonyl (C=O) groups excluding carboxylic acids is 1. The molecular formula is C16H20N2O2S2. The molecule has 1 amide bonds. The van der Waals surface area contributed by atoms with Gasteiger partial charge in [0, 0.05) is 36.6 Å². The highest BCUT2D eigenvalue weighted by molar-refractivity contribution is 7.09. The van der Waals surface area contributed by atoms with E-state index in [4.69, 9.17) is 4.74 Å². The molecule has 0 aliphatic carbocycles. The Morgan fingerprint density at radius 1 is 1.45 bits per heavy atom. The highest BCUT2D eigenvalue weighted by Crippen LogP contribution is 2.25. The molecule has 1 aliphatic heterocycles. The van der Waals surface area contributed by atoms with Crippen LogP contribution in [0.5, 0.6) is 0 Å². The predicted molar refractivity (Wildman–Crippen MR) is 89.3 cm³/mol. The molecule has 1 aliphatic rings. The highest BCUT2D eigenvalue weighted by atomic mass is 32.1. The molecule has 3 rings (SSSR count). The van der Waals surface area contributed by atoms with Crippen molar-refractivity contribution in [1.29, 1.82) is 0 Å². The van der Waals surface area contributed by atoms with Crippen molar-refractivity contribution in [2.45, 2.75) is 32.2 Å². The summed E-state index contributed by atoms with van der Waals surface area (Å²) in [6, 6.07) is 2.07. The maximum absolute atomic E-state index is 12.5. The van der Waals surface area contributed by atoms with Crippen LogP contribution in [0.2, 0.25) is 0 Å². The summed E-state index contributed by atoms with van der Waals surface area (Å²) in [6.07, 6.45) is 2.42. The number of hydrogen-bond donors (Lipinski definition) is 1. The van der Waals surface area contributed by atoms with Gasteiger partial charge in [-0.2, -0.15) is 11.3 Å². The third kappa shape index (κ3) is 3.94. The van der Waals surface area contributed by atoms with Gasteiger partial charge in [-0.15, -0.1) is 11.3 Å².